The molecule has 80 heavy (non-hydrogen) atoms. The zero-order chi connectivity index (χ0) is 53.5. The molecule has 374 valence electrons. The van der Waals surface area contributed by atoms with Gasteiger partial charge in [-0.2, -0.15) is 10.5 Å². The first-order valence-corrected chi connectivity index (χ1v) is 27.6. The highest BCUT2D eigenvalue weighted by Gasteiger charge is 2.41. The second-order valence-corrected chi connectivity index (χ2v) is 22.9. The maximum Gasteiger partial charge on any atom is 0.104 e. The molecule has 0 spiro atoms. The number of rotatable bonds is 4. The van der Waals surface area contributed by atoms with E-state index in [1.54, 1.807) is 0 Å². The lowest BCUT2D eigenvalue weighted by Crippen LogP contribution is -2.17. The van der Waals surface area contributed by atoms with Gasteiger partial charge in [-0.25, -0.2) is 0 Å². The van der Waals surface area contributed by atoms with E-state index in [1.165, 1.54) is 44.5 Å². The minimum atomic E-state index is -0.255. The highest BCUT2D eigenvalue weighted by atomic mass is 15.1. The monoisotopic (exact) mass is 1020 g/mol. The van der Waals surface area contributed by atoms with E-state index in [2.05, 4.69) is 276 Å². The number of nitrogens with zero attached hydrogens (tertiary/aromatic N) is 6. The molecular formula is C74H48N6. The smallest absolute Gasteiger partial charge is 0.104 e. The molecule has 0 radical (unpaired) electrons. The van der Waals surface area contributed by atoms with Gasteiger partial charge < -0.3 is 18.3 Å². The van der Waals surface area contributed by atoms with Crippen LogP contribution < -0.4 is 0 Å². The van der Waals surface area contributed by atoms with Crippen molar-refractivity contribution in [2.24, 2.45) is 0 Å². The van der Waals surface area contributed by atoms with Crippen LogP contribution in [0.5, 0.6) is 0 Å². The molecule has 4 aromatic heterocycles. The minimum absolute atomic E-state index is 0.255. The summed E-state index contributed by atoms with van der Waals surface area (Å²) in [7, 11) is 0. The highest BCUT2D eigenvalue weighted by molar-refractivity contribution is 6.21. The van der Waals surface area contributed by atoms with Crippen molar-refractivity contribution in [3.05, 3.63) is 252 Å². The molecule has 0 aliphatic heterocycles. The van der Waals surface area contributed by atoms with Crippen molar-refractivity contribution < 1.29 is 0 Å². The summed E-state index contributed by atoms with van der Waals surface area (Å²) in [6.07, 6.45) is 0. The van der Waals surface area contributed by atoms with Gasteiger partial charge in [-0.1, -0.05) is 198 Å². The molecule has 0 bridgehead atoms. The molecule has 0 unspecified atom stereocenters. The van der Waals surface area contributed by atoms with E-state index >= 15 is 0 Å². The Morgan fingerprint density at radius 2 is 0.537 bits per heavy atom. The standard InChI is InChI=1S/C74H48N6/c1-73(2)53-29-13-5-25-47(53)65-55(73)37-39-63-67(65)49-27-11-19-35-61(49)79(63)71-51(41-75)70(78-59-33-17-9-23-45(59)46-24-10-18-34-60(46)78)72(52(42-76)69(71)77-57-31-15-7-21-43(57)44-22-8-16-32-58(44)77)80-62-36-20-12-28-50(62)68-64(80)40-38-56-66(68)48-26-6-14-30-54(48)74(56,3)4/h5-40H,1-4H3. The molecule has 0 amide bonds. The lowest BCUT2D eigenvalue weighted by molar-refractivity contribution is 0.660. The fourth-order valence-corrected chi connectivity index (χ4v) is 15.1. The number of para-hydroxylation sites is 6. The quantitative estimate of drug-likeness (QED) is 0.176. The highest BCUT2D eigenvalue weighted by Crippen LogP contribution is 2.57. The molecule has 6 nitrogen and oxygen atoms in total. The van der Waals surface area contributed by atoms with Crippen molar-refractivity contribution >= 4 is 87.2 Å². The zero-order valence-electron chi connectivity index (χ0n) is 44.5. The van der Waals surface area contributed by atoms with Gasteiger partial charge >= 0.3 is 0 Å². The normalized spacial score (nSPS) is 13.9. The Hall–Kier alpha value is -10.4. The van der Waals surface area contributed by atoms with Crippen molar-refractivity contribution in [2.75, 3.05) is 0 Å². The molecule has 2 aliphatic carbocycles. The average Bonchev–Trinajstić information content (AvgIpc) is 4.17. The van der Waals surface area contributed by atoms with Crippen LogP contribution in [0.3, 0.4) is 0 Å². The van der Waals surface area contributed by atoms with Gasteiger partial charge in [0.05, 0.1) is 66.9 Å². The summed E-state index contributed by atoms with van der Waals surface area (Å²) in [6, 6.07) is 84.2. The summed E-state index contributed by atoms with van der Waals surface area (Å²) < 4.78 is 9.23. The van der Waals surface area contributed by atoms with E-state index in [4.69, 9.17) is 0 Å². The van der Waals surface area contributed by atoms with Gasteiger partial charge in [-0.3, -0.25) is 0 Å². The minimum Gasteiger partial charge on any atom is -0.306 e. The summed E-state index contributed by atoms with van der Waals surface area (Å²) in [4.78, 5) is 0. The lowest BCUT2D eigenvalue weighted by Gasteiger charge is -2.27. The van der Waals surface area contributed by atoms with Gasteiger partial charge in [0.15, 0.2) is 0 Å². The van der Waals surface area contributed by atoms with E-state index in [9.17, 15) is 10.5 Å². The fourth-order valence-electron chi connectivity index (χ4n) is 15.1. The number of hydrogen-bond acceptors (Lipinski definition) is 2. The largest absolute Gasteiger partial charge is 0.306 e. The van der Waals surface area contributed by atoms with Crippen LogP contribution in [-0.4, -0.2) is 18.3 Å². The fraction of sp³-hybridized carbons (Fsp3) is 0.0811. The van der Waals surface area contributed by atoms with Gasteiger partial charge in [0, 0.05) is 53.9 Å². The van der Waals surface area contributed by atoms with E-state index in [0.29, 0.717) is 33.9 Å². The average molecular weight is 1020 g/mol. The molecule has 15 aromatic rings. The second kappa shape index (κ2) is 15.6. The Morgan fingerprint density at radius 3 is 0.863 bits per heavy atom. The number of fused-ring (bicyclic) bond motifs is 20. The lowest BCUT2D eigenvalue weighted by atomic mass is 9.82. The molecule has 0 saturated carbocycles. The van der Waals surface area contributed by atoms with Crippen LogP contribution in [0.15, 0.2) is 218 Å². The number of hydrogen-bond donors (Lipinski definition) is 0. The first kappa shape index (κ1) is 44.7. The zero-order valence-corrected chi connectivity index (χ0v) is 44.5. The van der Waals surface area contributed by atoms with Crippen LogP contribution in [0.1, 0.15) is 61.1 Å². The topological polar surface area (TPSA) is 67.3 Å². The molecule has 11 aromatic carbocycles. The molecule has 0 N–H and O–H groups in total. The van der Waals surface area contributed by atoms with E-state index in [1.807, 2.05) is 0 Å². The molecule has 6 heteroatoms. The summed E-state index contributed by atoms with van der Waals surface area (Å²) >= 11 is 0. The number of benzene rings is 11. The first-order chi connectivity index (χ1) is 39.2. The summed E-state index contributed by atoms with van der Waals surface area (Å²) in [5, 5.41) is 34.4. The third kappa shape index (κ3) is 5.40. The molecule has 4 heterocycles. The van der Waals surface area contributed by atoms with Crippen molar-refractivity contribution in [2.45, 2.75) is 38.5 Å². The van der Waals surface area contributed by atoms with Crippen molar-refractivity contribution in [1.29, 1.82) is 10.5 Å². The maximum absolute atomic E-state index is 12.9. The van der Waals surface area contributed by atoms with Crippen molar-refractivity contribution in [3.63, 3.8) is 0 Å². The maximum atomic E-state index is 12.9. The molecule has 17 rings (SSSR count). The molecular weight excluding hydrogens is 973 g/mol. The van der Waals surface area contributed by atoms with Crippen LogP contribution in [-0.2, 0) is 10.8 Å². The van der Waals surface area contributed by atoms with Gasteiger partial charge in [-0.15, -0.1) is 0 Å². The number of aromatic nitrogens is 4. The second-order valence-electron chi connectivity index (χ2n) is 22.9. The van der Waals surface area contributed by atoms with E-state index < -0.39 is 0 Å². The van der Waals surface area contributed by atoms with Crippen LogP contribution >= 0.6 is 0 Å². The van der Waals surface area contributed by atoms with E-state index in [-0.39, 0.29) is 10.8 Å². The van der Waals surface area contributed by atoms with Crippen LogP contribution in [0.2, 0.25) is 0 Å². The Bertz CT molecular complexity index is 4960. The predicted octanol–water partition coefficient (Wildman–Crippen LogP) is 18.4. The van der Waals surface area contributed by atoms with Gasteiger partial charge in [0.25, 0.3) is 0 Å². The van der Waals surface area contributed by atoms with Gasteiger partial charge in [0.1, 0.15) is 23.3 Å². The third-order valence-corrected chi connectivity index (χ3v) is 18.4. The molecule has 0 fully saturated rings. The van der Waals surface area contributed by atoms with Crippen molar-refractivity contribution in [3.8, 4) is 57.1 Å². The molecule has 2 aliphatic rings. The summed E-state index contributed by atoms with van der Waals surface area (Å²) in [5.41, 5.74) is 20.3. The molecule has 0 saturated heterocycles. The first-order valence-electron chi connectivity index (χ1n) is 27.6. The SMILES string of the molecule is CC1(C)c2ccccc2-c2c1ccc1c2c2ccccc2n1-c1c(C#N)c(-n2c3ccccc3c3ccccc32)c(-n2c3ccccc3c3c4c(ccc32)C(C)(C)c2ccccc2-4)c(C#N)c1-n1c2ccccc2c2ccccc21. The molecule has 0 atom stereocenters. The Labute approximate surface area is 461 Å². The summed E-state index contributed by atoms with van der Waals surface area (Å²) in [6.45, 7) is 9.31. The predicted molar refractivity (Wildman–Crippen MR) is 328 cm³/mol. The Balaban J connectivity index is 1.16. The third-order valence-electron chi connectivity index (χ3n) is 18.4. The summed E-state index contributed by atoms with van der Waals surface area (Å²) in [5.74, 6) is 0. The van der Waals surface area contributed by atoms with Crippen LogP contribution in [0.4, 0.5) is 0 Å². The van der Waals surface area contributed by atoms with Crippen LogP contribution in [0, 0.1) is 22.7 Å². The van der Waals surface area contributed by atoms with Gasteiger partial charge in [-0.05, 0) is 93.0 Å². The Kier molecular flexibility index (Phi) is 8.74. The van der Waals surface area contributed by atoms with Gasteiger partial charge in [0.2, 0.25) is 0 Å². The Morgan fingerprint density at radius 1 is 0.275 bits per heavy atom. The van der Waals surface area contributed by atoms with Crippen molar-refractivity contribution in [1.82, 2.24) is 18.3 Å². The van der Waals surface area contributed by atoms with E-state index in [0.717, 1.165) is 87.2 Å². The number of nitriles is 2. The van der Waals surface area contributed by atoms with Crippen LogP contribution in [0.25, 0.3) is 132 Å².